The number of benzene rings is 2. The van der Waals surface area contributed by atoms with Crippen LogP contribution in [0.5, 0.6) is 5.75 Å². The molecule has 0 N–H and O–H groups in total. The molecule has 0 amide bonds. The van der Waals surface area contributed by atoms with E-state index in [2.05, 4.69) is 4.18 Å². The first kappa shape index (κ1) is 18.2. The summed E-state index contributed by atoms with van der Waals surface area (Å²) < 4.78 is 65.6. The summed E-state index contributed by atoms with van der Waals surface area (Å²) in [6.45, 7) is 0. The lowest BCUT2D eigenvalue weighted by Gasteiger charge is -2.39. The fourth-order valence-electron chi connectivity index (χ4n) is 3.61. The van der Waals surface area contributed by atoms with Crippen LogP contribution in [0.4, 0.5) is 18.9 Å². The van der Waals surface area contributed by atoms with Gasteiger partial charge in [-0.15, -0.1) is 11.6 Å². The summed E-state index contributed by atoms with van der Waals surface area (Å²) in [7, 11) is -4.02. The molecule has 2 atom stereocenters. The number of anilines is 1. The topological polar surface area (TPSA) is 46.6 Å². The van der Waals surface area contributed by atoms with Crippen molar-refractivity contribution in [2.75, 3.05) is 11.9 Å². The molecule has 4 nitrogen and oxygen atoms in total. The number of likely N-dealkylation sites (N-methyl/N-ethyl adjacent to an activating group) is 1. The van der Waals surface area contributed by atoms with Gasteiger partial charge in [-0.05, 0) is 28.8 Å². The van der Waals surface area contributed by atoms with Gasteiger partial charge in [0.2, 0.25) is 0 Å². The molecule has 1 aliphatic carbocycles. The van der Waals surface area contributed by atoms with Gasteiger partial charge in [-0.2, -0.15) is 21.6 Å². The molecule has 0 aromatic heterocycles. The quantitative estimate of drug-likeness (QED) is 0.402. The van der Waals surface area contributed by atoms with Crippen LogP contribution in [0.3, 0.4) is 0 Å². The maximum atomic E-state index is 12.8. The Morgan fingerprint density at radius 1 is 1.11 bits per heavy atom. The average molecular weight is 416 g/mol. The monoisotopic (exact) mass is 415 g/mol. The van der Waals surface area contributed by atoms with Gasteiger partial charge in [0.1, 0.15) is 5.75 Å². The molecule has 2 aromatic carbocycles. The van der Waals surface area contributed by atoms with E-state index in [-0.39, 0.29) is 11.6 Å². The molecule has 2 unspecified atom stereocenters. The highest BCUT2D eigenvalue weighted by Gasteiger charge is 2.49. The van der Waals surface area contributed by atoms with Gasteiger partial charge in [-0.3, -0.25) is 0 Å². The van der Waals surface area contributed by atoms with E-state index in [9.17, 15) is 21.6 Å². The van der Waals surface area contributed by atoms with Crippen LogP contribution < -0.4 is 9.08 Å². The van der Waals surface area contributed by atoms with Crippen LogP contribution in [0.1, 0.15) is 28.1 Å². The van der Waals surface area contributed by atoms with Crippen LogP contribution in [-0.2, 0) is 10.1 Å². The second-order valence-corrected chi connectivity index (χ2v) is 8.30. The third kappa shape index (κ3) is 2.70. The van der Waals surface area contributed by atoms with E-state index < -0.39 is 26.8 Å². The predicted octanol–water partition coefficient (Wildman–Crippen LogP) is 4.78. The van der Waals surface area contributed by atoms with Crippen molar-refractivity contribution < 1.29 is 25.8 Å². The standard InChI is InChI=1S/C18H13ClF3NO3S/c1-23-13-7-4-8-14(26-27(24,25)18(20,21)22)15(13)16(19)12-9-10-5-2-3-6-11(10)17(12)23/h2-9,16-17H,1H3. The van der Waals surface area contributed by atoms with Gasteiger partial charge < -0.3 is 9.08 Å². The first-order chi connectivity index (χ1) is 12.6. The maximum absolute atomic E-state index is 12.8. The summed E-state index contributed by atoms with van der Waals surface area (Å²) in [4.78, 5) is 1.86. The SMILES string of the molecule is CN1c2cccc(OS(=O)(=O)C(F)(F)F)c2C(Cl)C2=Cc3ccccc3C21. The Kier molecular flexibility index (Phi) is 3.98. The zero-order chi connectivity index (χ0) is 19.6. The smallest absolute Gasteiger partial charge is 0.376 e. The second kappa shape index (κ2) is 5.90. The summed E-state index contributed by atoms with van der Waals surface area (Å²) in [5.74, 6) is -0.424. The molecule has 1 heterocycles. The molecule has 4 rings (SSSR count). The van der Waals surface area contributed by atoms with Crippen LogP contribution in [0.25, 0.3) is 6.08 Å². The van der Waals surface area contributed by atoms with Crippen molar-refractivity contribution in [3.05, 3.63) is 64.7 Å². The Morgan fingerprint density at radius 3 is 2.52 bits per heavy atom. The number of rotatable bonds is 2. The molecule has 0 radical (unpaired) electrons. The number of fused-ring (bicyclic) bond motifs is 4. The second-order valence-electron chi connectivity index (χ2n) is 6.32. The van der Waals surface area contributed by atoms with Crippen molar-refractivity contribution >= 4 is 33.5 Å². The van der Waals surface area contributed by atoms with E-state index in [1.165, 1.54) is 12.1 Å². The number of alkyl halides is 4. The Balaban J connectivity index is 1.85. The number of halogens is 4. The Labute approximate surface area is 158 Å². The van der Waals surface area contributed by atoms with Crippen molar-refractivity contribution in [3.63, 3.8) is 0 Å². The molecular formula is C18H13ClF3NO3S. The third-order valence-electron chi connectivity index (χ3n) is 4.77. The van der Waals surface area contributed by atoms with Crippen molar-refractivity contribution in [2.45, 2.75) is 16.9 Å². The third-order valence-corrected chi connectivity index (χ3v) is 6.20. The van der Waals surface area contributed by atoms with Crippen LogP contribution >= 0.6 is 11.6 Å². The summed E-state index contributed by atoms with van der Waals surface area (Å²) in [6.07, 6.45) is 1.88. The largest absolute Gasteiger partial charge is 0.534 e. The molecule has 0 fully saturated rings. The summed E-state index contributed by atoms with van der Waals surface area (Å²) in [5.41, 5.74) is -2.06. The normalized spacial score (nSPS) is 21.2. The molecule has 0 saturated carbocycles. The highest BCUT2D eigenvalue weighted by molar-refractivity contribution is 7.88. The van der Waals surface area contributed by atoms with Crippen LogP contribution in [-0.4, -0.2) is 21.0 Å². The van der Waals surface area contributed by atoms with E-state index in [1.54, 1.807) is 13.1 Å². The van der Waals surface area contributed by atoms with E-state index in [0.29, 0.717) is 5.69 Å². The molecule has 9 heteroatoms. The average Bonchev–Trinajstić information content (AvgIpc) is 2.98. The van der Waals surface area contributed by atoms with E-state index in [1.807, 2.05) is 35.2 Å². The predicted molar refractivity (Wildman–Crippen MR) is 96.2 cm³/mol. The fraction of sp³-hybridized carbons (Fsp3) is 0.222. The lowest BCUT2D eigenvalue weighted by molar-refractivity contribution is -0.0500. The van der Waals surface area contributed by atoms with Gasteiger partial charge in [-0.1, -0.05) is 36.4 Å². The summed E-state index contributed by atoms with van der Waals surface area (Å²) in [6, 6.07) is 11.8. The molecule has 0 spiro atoms. The van der Waals surface area contributed by atoms with Gasteiger partial charge in [0.25, 0.3) is 0 Å². The van der Waals surface area contributed by atoms with Gasteiger partial charge >= 0.3 is 15.6 Å². The van der Waals surface area contributed by atoms with E-state index in [4.69, 9.17) is 11.6 Å². The number of hydrogen-bond donors (Lipinski definition) is 0. The van der Waals surface area contributed by atoms with Crippen LogP contribution in [0, 0.1) is 0 Å². The minimum atomic E-state index is -5.80. The summed E-state index contributed by atoms with van der Waals surface area (Å²) >= 11 is 6.60. The molecule has 0 saturated heterocycles. The van der Waals surface area contributed by atoms with E-state index >= 15 is 0 Å². The molecule has 2 aromatic rings. The van der Waals surface area contributed by atoms with Crippen molar-refractivity contribution in [1.29, 1.82) is 0 Å². The first-order valence-corrected chi connectivity index (χ1v) is 9.77. The fourth-order valence-corrected chi connectivity index (χ4v) is 4.49. The molecular weight excluding hydrogens is 403 g/mol. The zero-order valence-corrected chi connectivity index (χ0v) is 15.4. The van der Waals surface area contributed by atoms with Crippen molar-refractivity contribution in [2.24, 2.45) is 0 Å². The van der Waals surface area contributed by atoms with Crippen LogP contribution in [0.15, 0.2) is 48.0 Å². The van der Waals surface area contributed by atoms with E-state index in [0.717, 1.165) is 16.7 Å². The molecule has 2 aliphatic rings. The highest BCUT2D eigenvalue weighted by atomic mass is 35.5. The minimum Gasteiger partial charge on any atom is -0.376 e. The Hall–Kier alpha value is -2.19. The maximum Gasteiger partial charge on any atom is 0.534 e. The lowest BCUT2D eigenvalue weighted by Crippen LogP contribution is -2.32. The molecule has 0 bridgehead atoms. The van der Waals surface area contributed by atoms with Crippen LogP contribution in [0.2, 0.25) is 0 Å². The minimum absolute atomic E-state index is 0.175. The first-order valence-electron chi connectivity index (χ1n) is 7.93. The summed E-state index contributed by atoms with van der Waals surface area (Å²) in [5, 5.41) is -0.826. The molecule has 27 heavy (non-hydrogen) atoms. The Bertz CT molecular complexity index is 1070. The highest BCUT2D eigenvalue weighted by Crippen LogP contribution is 2.56. The van der Waals surface area contributed by atoms with Gasteiger partial charge in [-0.25, -0.2) is 0 Å². The van der Waals surface area contributed by atoms with Gasteiger partial charge in [0.05, 0.1) is 11.4 Å². The number of hydrogen-bond acceptors (Lipinski definition) is 4. The molecule has 1 aliphatic heterocycles. The lowest BCUT2D eigenvalue weighted by atomic mass is 9.90. The Morgan fingerprint density at radius 2 is 1.81 bits per heavy atom. The number of nitrogens with zero attached hydrogens (tertiary/aromatic N) is 1. The van der Waals surface area contributed by atoms with Crippen molar-refractivity contribution in [3.8, 4) is 5.75 Å². The molecule has 142 valence electrons. The van der Waals surface area contributed by atoms with Crippen molar-refractivity contribution in [1.82, 2.24) is 0 Å². The zero-order valence-electron chi connectivity index (χ0n) is 13.9. The van der Waals surface area contributed by atoms with Gasteiger partial charge in [0.15, 0.2) is 0 Å². The van der Waals surface area contributed by atoms with Gasteiger partial charge in [0, 0.05) is 18.3 Å².